The van der Waals surface area contributed by atoms with E-state index in [4.69, 9.17) is 0 Å². The fourth-order valence-electron chi connectivity index (χ4n) is 1.26. The Morgan fingerprint density at radius 3 is 2.38 bits per heavy atom. The topological polar surface area (TPSA) is 52.6 Å². The van der Waals surface area contributed by atoms with Crippen molar-refractivity contribution in [2.24, 2.45) is 0 Å². The molecule has 1 amide bonds. The molecule has 0 atom stereocenters. The maximum absolute atomic E-state index is 11.8. The Kier molecular flexibility index (Phi) is 3.94. The van der Waals surface area contributed by atoms with Crippen molar-refractivity contribution in [3.05, 3.63) is 41.9 Å². The zero-order valence-corrected chi connectivity index (χ0v) is 9.56. The van der Waals surface area contributed by atoms with Crippen LogP contribution in [0, 0.1) is 0 Å². The van der Waals surface area contributed by atoms with Gasteiger partial charge >= 0.3 is 0 Å². The Bertz CT molecular complexity index is 398. The lowest BCUT2D eigenvalue weighted by atomic mass is 10.2. The first-order valence-corrected chi connectivity index (χ1v) is 4.83. The van der Waals surface area contributed by atoms with Gasteiger partial charge in [0, 0.05) is 18.3 Å². The number of hydrogen-bond donors (Lipinski definition) is 0. The molecule has 0 N–H and O–H groups in total. The van der Waals surface area contributed by atoms with E-state index in [0.717, 1.165) is 5.69 Å². The minimum atomic E-state index is -0.604. The smallest absolute Gasteiger partial charge is 0.255 e. The molecule has 0 aliphatic heterocycles. The van der Waals surface area contributed by atoms with Gasteiger partial charge in [-0.3, -0.25) is 4.79 Å². The second kappa shape index (κ2) is 5.21. The third kappa shape index (κ3) is 2.53. The van der Waals surface area contributed by atoms with Crippen molar-refractivity contribution in [3.8, 4) is 0 Å². The quantitative estimate of drug-likeness (QED) is 0.561. The van der Waals surface area contributed by atoms with Gasteiger partial charge in [-0.25, -0.2) is 0 Å². The van der Waals surface area contributed by atoms with E-state index < -0.39 is 5.95 Å². The number of ether oxygens (including phenoxy) is 1. The SMILES string of the molecule is CO/C([O-])=C(\C)C(=O)N(C)c1ccccc1. The first-order chi connectivity index (χ1) is 7.57. The van der Waals surface area contributed by atoms with E-state index in [-0.39, 0.29) is 11.5 Å². The molecule has 0 aliphatic carbocycles. The van der Waals surface area contributed by atoms with Crippen LogP contribution < -0.4 is 10.0 Å². The zero-order valence-electron chi connectivity index (χ0n) is 9.56. The number of carbonyl (C=O) groups is 1. The number of likely N-dealkylation sites (N-methyl/N-ethyl adjacent to an activating group) is 1. The Morgan fingerprint density at radius 2 is 1.88 bits per heavy atom. The lowest BCUT2D eigenvalue weighted by molar-refractivity contribution is -0.354. The lowest BCUT2D eigenvalue weighted by Gasteiger charge is -2.20. The van der Waals surface area contributed by atoms with Crippen LogP contribution in [0.2, 0.25) is 0 Å². The summed E-state index contributed by atoms with van der Waals surface area (Å²) in [6.07, 6.45) is 0. The first kappa shape index (κ1) is 12.1. The number of anilines is 1. The Morgan fingerprint density at radius 1 is 1.31 bits per heavy atom. The van der Waals surface area contributed by atoms with Gasteiger partial charge in [0.05, 0.1) is 5.95 Å². The molecule has 0 saturated carbocycles. The fourth-order valence-corrected chi connectivity index (χ4v) is 1.26. The minimum Gasteiger partial charge on any atom is -0.616 e. The summed E-state index contributed by atoms with van der Waals surface area (Å²) >= 11 is 0. The van der Waals surface area contributed by atoms with Crippen LogP contribution in [-0.4, -0.2) is 20.1 Å². The standard InChI is InChI=1S/C12H15NO3/c1-9(12(15)16-3)11(14)13(2)10-7-5-4-6-8-10/h4-8,15H,1-3H3/p-1/b12-9+. The van der Waals surface area contributed by atoms with Gasteiger partial charge in [-0.2, -0.15) is 0 Å². The van der Waals surface area contributed by atoms with Crippen LogP contribution in [0.4, 0.5) is 5.69 Å². The molecule has 16 heavy (non-hydrogen) atoms. The van der Waals surface area contributed by atoms with E-state index in [1.807, 2.05) is 18.2 Å². The largest absolute Gasteiger partial charge is 0.616 e. The Labute approximate surface area is 94.8 Å². The molecule has 86 valence electrons. The van der Waals surface area contributed by atoms with Crippen LogP contribution >= 0.6 is 0 Å². The number of rotatable bonds is 3. The summed E-state index contributed by atoms with van der Waals surface area (Å²) in [6, 6.07) is 9.10. The van der Waals surface area contributed by atoms with Crippen molar-refractivity contribution < 1.29 is 14.6 Å². The fraction of sp³-hybridized carbons (Fsp3) is 0.250. The lowest BCUT2D eigenvalue weighted by Crippen LogP contribution is -2.29. The molecule has 0 fully saturated rings. The second-order valence-electron chi connectivity index (χ2n) is 3.32. The van der Waals surface area contributed by atoms with Crippen LogP contribution in [-0.2, 0) is 9.53 Å². The van der Waals surface area contributed by atoms with E-state index >= 15 is 0 Å². The van der Waals surface area contributed by atoms with Crippen LogP contribution in [0.3, 0.4) is 0 Å². The number of para-hydroxylation sites is 1. The summed E-state index contributed by atoms with van der Waals surface area (Å²) in [5.41, 5.74) is 0.796. The highest BCUT2D eigenvalue weighted by molar-refractivity contribution is 6.04. The average molecular weight is 220 g/mol. The monoisotopic (exact) mass is 220 g/mol. The zero-order chi connectivity index (χ0) is 12.1. The highest BCUT2D eigenvalue weighted by Gasteiger charge is 2.13. The number of amides is 1. The summed E-state index contributed by atoms with van der Waals surface area (Å²) in [5, 5.41) is 11.2. The van der Waals surface area contributed by atoms with Gasteiger partial charge in [0.2, 0.25) is 0 Å². The normalized spacial score (nSPS) is 11.7. The highest BCUT2D eigenvalue weighted by atomic mass is 16.6. The van der Waals surface area contributed by atoms with Crippen LogP contribution in [0.1, 0.15) is 6.92 Å². The van der Waals surface area contributed by atoms with E-state index in [0.29, 0.717) is 0 Å². The van der Waals surface area contributed by atoms with Gasteiger partial charge < -0.3 is 14.7 Å². The molecule has 4 nitrogen and oxygen atoms in total. The molecular weight excluding hydrogens is 206 g/mol. The number of hydrogen-bond acceptors (Lipinski definition) is 3. The molecule has 0 spiro atoms. The third-order valence-corrected chi connectivity index (χ3v) is 2.26. The average Bonchev–Trinajstić information content (AvgIpc) is 2.36. The summed E-state index contributed by atoms with van der Waals surface area (Å²) in [4.78, 5) is 13.2. The van der Waals surface area contributed by atoms with E-state index in [9.17, 15) is 9.90 Å². The van der Waals surface area contributed by atoms with E-state index in [1.54, 1.807) is 19.2 Å². The molecule has 0 radical (unpaired) electrons. The van der Waals surface area contributed by atoms with Gasteiger partial charge in [-0.05, 0) is 26.2 Å². The van der Waals surface area contributed by atoms with Crippen molar-refractivity contribution in [1.82, 2.24) is 0 Å². The molecule has 0 bridgehead atoms. The molecule has 0 aromatic heterocycles. The summed E-state index contributed by atoms with van der Waals surface area (Å²) in [5.74, 6) is -0.967. The van der Waals surface area contributed by atoms with Crippen molar-refractivity contribution >= 4 is 11.6 Å². The predicted octanol–water partition coefficient (Wildman–Crippen LogP) is 0.888. The van der Waals surface area contributed by atoms with E-state index in [1.165, 1.54) is 18.9 Å². The molecule has 1 aromatic carbocycles. The second-order valence-corrected chi connectivity index (χ2v) is 3.32. The van der Waals surface area contributed by atoms with Crippen LogP contribution in [0.5, 0.6) is 0 Å². The molecular formula is C12H14NO3-. The molecule has 4 heteroatoms. The molecule has 0 saturated heterocycles. The van der Waals surface area contributed by atoms with Crippen molar-refractivity contribution in [3.63, 3.8) is 0 Å². The van der Waals surface area contributed by atoms with Crippen molar-refractivity contribution in [2.45, 2.75) is 6.92 Å². The number of methoxy groups -OCH3 is 1. The summed E-state index contributed by atoms with van der Waals surface area (Å²) in [6.45, 7) is 1.45. The van der Waals surface area contributed by atoms with E-state index in [2.05, 4.69) is 4.74 Å². The highest BCUT2D eigenvalue weighted by Crippen LogP contribution is 2.14. The van der Waals surface area contributed by atoms with Crippen LogP contribution in [0.15, 0.2) is 41.9 Å². The minimum absolute atomic E-state index is 0.0638. The van der Waals surface area contributed by atoms with Gasteiger partial charge in [0.1, 0.15) is 0 Å². The van der Waals surface area contributed by atoms with Gasteiger partial charge in [-0.15, -0.1) is 0 Å². The van der Waals surface area contributed by atoms with Crippen LogP contribution in [0.25, 0.3) is 0 Å². The van der Waals surface area contributed by atoms with Crippen molar-refractivity contribution in [2.75, 3.05) is 19.1 Å². The molecule has 0 aliphatic rings. The maximum atomic E-state index is 11.8. The third-order valence-electron chi connectivity index (χ3n) is 2.26. The molecule has 1 rings (SSSR count). The Hall–Kier alpha value is -1.97. The molecule has 0 unspecified atom stereocenters. The number of nitrogens with zero attached hydrogens (tertiary/aromatic N) is 1. The van der Waals surface area contributed by atoms with Gasteiger partial charge in [-0.1, -0.05) is 18.2 Å². The number of carbonyl (C=O) groups excluding carboxylic acids is 1. The predicted molar refractivity (Wildman–Crippen MR) is 59.6 cm³/mol. The maximum Gasteiger partial charge on any atom is 0.255 e. The van der Waals surface area contributed by atoms with Gasteiger partial charge in [0.25, 0.3) is 5.91 Å². The van der Waals surface area contributed by atoms with Gasteiger partial charge in [0.15, 0.2) is 0 Å². The van der Waals surface area contributed by atoms with Crippen molar-refractivity contribution in [1.29, 1.82) is 0 Å². The summed E-state index contributed by atoms with van der Waals surface area (Å²) in [7, 11) is 2.87. The molecule has 1 aromatic rings. The summed E-state index contributed by atoms with van der Waals surface area (Å²) < 4.78 is 4.50. The molecule has 0 heterocycles. The first-order valence-electron chi connectivity index (χ1n) is 4.83. The Balaban J connectivity index is 2.92. The number of benzene rings is 1.